The monoisotopic (exact) mass is 356 g/mol. The van der Waals surface area contributed by atoms with Gasteiger partial charge in [-0.1, -0.05) is 19.1 Å². The molecular weight excluding hydrogens is 339 g/mol. The lowest BCUT2D eigenvalue weighted by Gasteiger charge is -2.42. The summed E-state index contributed by atoms with van der Waals surface area (Å²) in [7, 11) is 0. The van der Waals surface area contributed by atoms with Crippen LogP contribution in [0.5, 0.6) is 0 Å². The molecule has 1 N–H and O–H groups in total. The van der Waals surface area contributed by atoms with Crippen molar-refractivity contribution in [2.24, 2.45) is 0 Å². The fourth-order valence-electron chi connectivity index (χ4n) is 2.53. The molecule has 1 atom stereocenters. The molecule has 2 rings (SSSR count). The molecule has 1 aliphatic heterocycles. The number of carbonyl (C=O) groups excluding carboxylic acids is 2. The van der Waals surface area contributed by atoms with Crippen LogP contribution in [0.4, 0.5) is 4.39 Å². The van der Waals surface area contributed by atoms with Crippen molar-refractivity contribution in [2.45, 2.75) is 45.3 Å². The zero-order valence-electron chi connectivity index (χ0n) is 12.2. The van der Waals surface area contributed by atoms with Crippen molar-refractivity contribution in [3.8, 4) is 0 Å². The number of amides is 2. The van der Waals surface area contributed by atoms with Gasteiger partial charge < -0.3 is 10.2 Å². The Balaban J connectivity index is 2.36. The van der Waals surface area contributed by atoms with Crippen LogP contribution >= 0.6 is 15.9 Å². The van der Waals surface area contributed by atoms with E-state index in [1.807, 2.05) is 6.92 Å². The van der Waals surface area contributed by atoms with Crippen LogP contribution in [0.2, 0.25) is 0 Å². The van der Waals surface area contributed by atoms with E-state index in [4.69, 9.17) is 0 Å². The van der Waals surface area contributed by atoms with E-state index in [0.717, 1.165) is 0 Å². The standard InChI is InChI=1S/C15H18BrFN2O2/c1-4-11-13(20)18-15(2,3)14(21)19(11)8-9-6-5-7-10(17)12(9)16/h5-7,11H,4,8H2,1-3H3,(H,18,20). The van der Waals surface area contributed by atoms with Gasteiger partial charge in [0.1, 0.15) is 17.4 Å². The Hall–Kier alpha value is -1.43. The van der Waals surface area contributed by atoms with Gasteiger partial charge in [0.15, 0.2) is 0 Å². The molecule has 6 heteroatoms. The lowest BCUT2D eigenvalue weighted by molar-refractivity contribution is -0.154. The maximum Gasteiger partial charge on any atom is 0.248 e. The normalized spacial score (nSPS) is 21.4. The van der Waals surface area contributed by atoms with Crippen LogP contribution in [0, 0.1) is 5.82 Å². The third-order valence-electron chi connectivity index (χ3n) is 3.67. The lowest BCUT2D eigenvalue weighted by Crippen LogP contribution is -2.67. The van der Waals surface area contributed by atoms with E-state index in [2.05, 4.69) is 21.2 Å². The van der Waals surface area contributed by atoms with Gasteiger partial charge in [-0.15, -0.1) is 0 Å². The first-order chi connectivity index (χ1) is 9.77. The summed E-state index contributed by atoms with van der Waals surface area (Å²) in [5.74, 6) is -0.714. The first kappa shape index (κ1) is 15.9. The summed E-state index contributed by atoms with van der Waals surface area (Å²) in [4.78, 5) is 26.2. The summed E-state index contributed by atoms with van der Waals surface area (Å²) in [5, 5.41) is 2.73. The molecule has 0 aromatic heterocycles. The number of piperazine rings is 1. The Bertz CT molecular complexity index is 589. The molecule has 0 saturated carbocycles. The fraction of sp³-hybridized carbons (Fsp3) is 0.467. The molecule has 0 bridgehead atoms. The van der Waals surface area contributed by atoms with Crippen LogP contribution in [0.25, 0.3) is 0 Å². The minimum atomic E-state index is -0.942. The Morgan fingerprint density at radius 3 is 2.67 bits per heavy atom. The predicted molar refractivity (Wildman–Crippen MR) is 81.0 cm³/mol. The largest absolute Gasteiger partial charge is 0.340 e. The van der Waals surface area contributed by atoms with Crippen LogP contribution < -0.4 is 5.32 Å². The van der Waals surface area contributed by atoms with Crippen LogP contribution in [0.15, 0.2) is 22.7 Å². The SMILES string of the molecule is CCC1C(=O)NC(C)(C)C(=O)N1Cc1cccc(F)c1Br. The first-order valence-electron chi connectivity index (χ1n) is 6.84. The zero-order chi connectivity index (χ0) is 15.8. The molecule has 114 valence electrons. The molecular formula is C15H18BrFN2O2. The third-order valence-corrected chi connectivity index (χ3v) is 4.56. The molecule has 1 fully saturated rings. The van der Waals surface area contributed by atoms with Gasteiger partial charge in [-0.3, -0.25) is 9.59 Å². The third kappa shape index (κ3) is 2.95. The van der Waals surface area contributed by atoms with E-state index < -0.39 is 11.6 Å². The number of hydrogen-bond donors (Lipinski definition) is 1. The molecule has 1 aromatic carbocycles. The number of rotatable bonds is 3. The van der Waals surface area contributed by atoms with E-state index in [-0.39, 0.29) is 24.2 Å². The molecule has 0 radical (unpaired) electrons. The summed E-state index contributed by atoms with van der Waals surface area (Å²) in [6.07, 6.45) is 0.514. The Morgan fingerprint density at radius 1 is 1.38 bits per heavy atom. The van der Waals surface area contributed by atoms with Gasteiger partial charge in [-0.05, 0) is 47.8 Å². The van der Waals surface area contributed by atoms with Gasteiger partial charge in [0.05, 0.1) is 4.47 Å². The highest BCUT2D eigenvalue weighted by atomic mass is 79.9. The van der Waals surface area contributed by atoms with E-state index in [1.54, 1.807) is 26.0 Å². The van der Waals surface area contributed by atoms with Gasteiger partial charge in [-0.2, -0.15) is 0 Å². The summed E-state index contributed by atoms with van der Waals surface area (Å²) >= 11 is 3.20. The van der Waals surface area contributed by atoms with E-state index in [1.165, 1.54) is 11.0 Å². The van der Waals surface area contributed by atoms with Crippen LogP contribution in [0.3, 0.4) is 0 Å². The van der Waals surface area contributed by atoms with Crippen LogP contribution in [-0.4, -0.2) is 28.3 Å². The van der Waals surface area contributed by atoms with Crippen molar-refractivity contribution >= 4 is 27.7 Å². The van der Waals surface area contributed by atoms with Crippen molar-refractivity contribution in [1.29, 1.82) is 0 Å². The van der Waals surface area contributed by atoms with Gasteiger partial charge in [0, 0.05) is 6.54 Å². The average molecular weight is 357 g/mol. The smallest absolute Gasteiger partial charge is 0.248 e. The topological polar surface area (TPSA) is 49.4 Å². The van der Waals surface area contributed by atoms with Crippen molar-refractivity contribution in [1.82, 2.24) is 10.2 Å². The quantitative estimate of drug-likeness (QED) is 0.904. The number of nitrogens with one attached hydrogen (secondary N) is 1. The van der Waals surface area contributed by atoms with E-state index in [0.29, 0.717) is 16.5 Å². The summed E-state index contributed by atoms with van der Waals surface area (Å²) < 4.78 is 13.9. The molecule has 1 unspecified atom stereocenters. The number of hydrogen-bond acceptors (Lipinski definition) is 2. The second-order valence-electron chi connectivity index (χ2n) is 5.68. The van der Waals surface area contributed by atoms with Crippen LogP contribution in [0.1, 0.15) is 32.8 Å². The van der Waals surface area contributed by atoms with Gasteiger partial charge in [0.25, 0.3) is 0 Å². The Morgan fingerprint density at radius 2 is 2.05 bits per heavy atom. The number of carbonyl (C=O) groups is 2. The van der Waals surface area contributed by atoms with Crippen molar-refractivity contribution < 1.29 is 14.0 Å². The molecule has 0 aliphatic carbocycles. The zero-order valence-corrected chi connectivity index (χ0v) is 13.8. The summed E-state index contributed by atoms with van der Waals surface area (Å²) in [6.45, 7) is 5.40. The van der Waals surface area contributed by atoms with Crippen molar-refractivity contribution in [3.63, 3.8) is 0 Å². The highest BCUT2D eigenvalue weighted by Crippen LogP contribution is 2.26. The molecule has 1 aliphatic rings. The fourth-order valence-corrected chi connectivity index (χ4v) is 2.92. The Labute approximate surface area is 131 Å². The highest BCUT2D eigenvalue weighted by molar-refractivity contribution is 9.10. The van der Waals surface area contributed by atoms with Crippen LogP contribution in [-0.2, 0) is 16.1 Å². The second-order valence-corrected chi connectivity index (χ2v) is 6.48. The predicted octanol–water partition coefficient (Wildman–Crippen LogP) is 2.60. The van der Waals surface area contributed by atoms with E-state index in [9.17, 15) is 14.0 Å². The molecule has 1 heterocycles. The van der Waals surface area contributed by atoms with Crippen molar-refractivity contribution in [2.75, 3.05) is 0 Å². The molecule has 0 spiro atoms. The molecule has 2 amide bonds. The number of halogens is 2. The highest BCUT2D eigenvalue weighted by Gasteiger charge is 2.44. The minimum absolute atomic E-state index is 0.162. The second kappa shape index (κ2) is 5.75. The Kier molecular flexibility index (Phi) is 4.37. The lowest BCUT2D eigenvalue weighted by atomic mass is 9.95. The summed E-state index contributed by atoms with van der Waals surface area (Å²) in [6, 6.07) is 4.16. The first-order valence-corrected chi connectivity index (χ1v) is 7.63. The molecule has 1 saturated heterocycles. The van der Waals surface area contributed by atoms with Gasteiger partial charge >= 0.3 is 0 Å². The summed E-state index contributed by atoms with van der Waals surface area (Å²) in [5.41, 5.74) is -0.296. The van der Waals surface area contributed by atoms with Gasteiger partial charge in [-0.25, -0.2) is 4.39 Å². The number of benzene rings is 1. The van der Waals surface area contributed by atoms with Crippen molar-refractivity contribution in [3.05, 3.63) is 34.1 Å². The number of nitrogens with zero attached hydrogens (tertiary/aromatic N) is 1. The van der Waals surface area contributed by atoms with E-state index >= 15 is 0 Å². The van der Waals surface area contributed by atoms with Gasteiger partial charge in [0.2, 0.25) is 11.8 Å². The maximum atomic E-state index is 13.6. The molecule has 4 nitrogen and oxygen atoms in total. The maximum absolute atomic E-state index is 13.6. The minimum Gasteiger partial charge on any atom is -0.340 e. The molecule has 21 heavy (non-hydrogen) atoms. The molecule has 1 aromatic rings. The average Bonchev–Trinajstić information content (AvgIpc) is 2.40.